The Morgan fingerprint density at radius 1 is 0.750 bits per heavy atom. The fraction of sp³-hybridized carbons (Fsp3) is 0.0588. The SMILES string of the molecule is O=C(Nc1cccc(-n2c(=O)c(Cc3ccccc3)nc3cccnc32)c1)C(c1ccccc1)c1ccccc1. The second-order valence-corrected chi connectivity index (χ2v) is 9.50. The van der Waals surface area contributed by atoms with Gasteiger partial charge in [-0.25, -0.2) is 9.97 Å². The van der Waals surface area contributed by atoms with Gasteiger partial charge in [0.1, 0.15) is 11.2 Å². The number of amides is 1. The fourth-order valence-electron chi connectivity index (χ4n) is 4.93. The summed E-state index contributed by atoms with van der Waals surface area (Å²) in [6.07, 6.45) is 2.05. The molecule has 6 aromatic rings. The quantitative estimate of drug-likeness (QED) is 0.273. The van der Waals surface area contributed by atoms with Gasteiger partial charge in [0, 0.05) is 18.3 Å². The second kappa shape index (κ2) is 11.2. The third-order valence-corrected chi connectivity index (χ3v) is 6.80. The van der Waals surface area contributed by atoms with Crippen LogP contribution in [-0.4, -0.2) is 20.4 Å². The Labute approximate surface area is 231 Å². The number of rotatable bonds is 7. The summed E-state index contributed by atoms with van der Waals surface area (Å²) in [6.45, 7) is 0. The van der Waals surface area contributed by atoms with E-state index >= 15 is 0 Å². The molecule has 6 rings (SSSR count). The number of nitrogens with zero attached hydrogens (tertiary/aromatic N) is 3. The van der Waals surface area contributed by atoms with Crippen LogP contribution in [0.5, 0.6) is 0 Å². The summed E-state index contributed by atoms with van der Waals surface area (Å²) in [7, 11) is 0. The van der Waals surface area contributed by atoms with Gasteiger partial charge in [-0.15, -0.1) is 0 Å². The number of fused-ring (bicyclic) bond motifs is 1. The molecule has 6 heteroatoms. The highest BCUT2D eigenvalue weighted by Gasteiger charge is 2.23. The van der Waals surface area contributed by atoms with Crippen LogP contribution in [0.4, 0.5) is 5.69 Å². The van der Waals surface area contributed by atoms with E-state index < -0.39 is 5.92 Å². The molecule has 0 unspecified atom stereocenters. The number of nitrogens with one attached hydrogen (secondary N) is 1. The normalized spacial score (nSPS) is 11.0. The molecule has 6 nitrogen and oxygen atoms in total. The third-order valence-electron chi connectivity index (χ3n) is 6.80. The zero-order valence-corrected chi connectivity index (χ0v) is 21.6. The monoisotopic (exact) mass is 522 g/mol. The Hall–Kier alpha value is -5.36. The summed E-state index contributed by atoms with van der Waals surface area (Å²) < 4.78 is 1.57. The minimum absolute atomic E-state index is 0.163. The van der Waals surface area contributed by atoms with Crippen LogP contribution in [0, 0.1) is 0 Å². The largest absolute Gasteiger partial charge is 0.325 e. The lowest BCUT2D eigenvalue weighted by Crippen LogP contribution is -2.26. The minimum atomic E-state index is -0.491. The molecule has 2 heterocycles. The summed E-state index contributed by atoms with van der Waals surface area (Å²) >= 11 is 0. The molecule has 1 amide bonds. The standard InChI is InChI=1S/C34H26N4O2/c39-33(31(25-14-6-2-7-15-25)26-16-8-3-9-17-26)36-27-18-10-19-28(23-27)38-32-29(20-11-21-35-32)37-30(34(38)40)22-24-12-4-1-5-13-24/h1-21,23,31H,22H2,(H,36,39). The first-order chi connectivity index (χ1) is 19.7. The van der Waals surface area contributed by atoms with Crippen molar-refractivity contribution in [2.45, 2.75) is 12.3 Å². The average molecular weight is 523 g/mol. The molecule has 0 aliphatic heterocycles. The van der Waals surface area contributed by atoms with E-state index in [1.165, 1.54) is 0 Å². The first-order valence-corrected chi connectivity index (χ1v) is 13.1. The molecule has 0 fully saturated rings. The van der Waals surface area contributed by atoms with Crippen LogP contribution in [0.3, 0.4) is 0 Å². The number of carbonyl (C=O) groups excluding carboxylic acids is 1. The highest BCUT2D eigenvalue weighted by Crippen LogP contribution is 2.27. The molecule has 0 bridgehead atoms. The van der Waals surface area contributed by atoms with E-state index in [9.17, 15) is 9.59 Å². The van der Waals surface area contributed by atoms with E-state index in [-0.39, 0.29) is 11.5 Å². The van der Waals surface area contributed by atoms with Gasteiger partial charge in [0.2, 0.25) is 5.91 Å². The summed E-state index contributed by atoms with van der Waals surface area (Å²) in [5, 5.41) is 3.08. The molecule has 40 heavy (non-hydrogen) atoms. The molecule has 2 aromatic heterocycles. The highest BCUT2D eigenvalue weighted by molar-refractivity contribution is 5.98. The van der Waals surface area contributed by atoms with Crippen molar-refractivity contribution >= 4 is 22.8 Å². The number of anilines is 1. The van der Waals surface area contributed by atoms with Gasteiger partial charge < -0.3 is 5.32 Å². The van der Waals surface area contributed by atoms with Gasteiger partial charge >= 0.3 is 0 Å². The van der Waals surface area contributed by atoms with Crippen molar-refractivity contribution in [3.63, 3.8) is 0 Å². The lowest BCUT2D eigenvalue weighted by molar-refractivity contribution is -0.116. The van der Waals surface area contributed by atoms with Crippen molar-refractivity contribution in [1.29, 1.82) is 0 Å². The van der Waals surface area contributed by atoms with E-state index in [2.05, 4.69) is 15.3 Å². The Morgan fingerprint density at radius 3 is 2.08 bits per heavy atom. The Morgan fingerprint density at radius 2 is 1.40 bits per heavy atom. The lowest BCUT2D eigenvalue weighted by Gasteiger charge is -2.18. The first kappa shape index (κ1) is 24.9. The second-order valence-electron chi connectivity index (χ2n) is 9.50. The molecule has 0 spiro atoms. The molecule has 0 atom stereocenters. The number of pyridine rings is 1. The van der Waals surface area contributed by atoms with Crippen molar-refractivity contribution in [3.05, 3.63) is 166 Å². The fourth-order valence-corrected chi connectivity index (χ4v) is 4.93. The Bertz CT molecular complexity index is 1800. The zero-order chi connectivity index (χ0) is 27.3. The summed E-state index contributed by atoms with van der Waals surface area (Å²) in [5.74, 6) is -0.654. The number of hydrogen-bond donors (Lipinski definition) is 1. The molecule has 0 radical (unpaired) electrons. The van der Waals surface area contributed by atoms with Gasteiger partial charge in [0.25, 0.3) is 5.56 Å². The molecule has 0 saturated heterocycles. The van der Waals surface area contributed by atoms with Crippen molar-refractivity contribution in [1.82, 2.24) is 14.5 Å². The molecule has 1 N–H and O–H groups in total. The Balaban J connectivity index is 1.39. The molecule has 0 aliphatic carbocycles. The van der Waals surface area contributed by atoms with Crippen LogP contribution in [0.15, 0.2) is 138 Å². The van der Waals surface area contributed by atoms with Gasteiger partial charge in [0.15, 0.2) is 5.65 Å². The van der Waals surface area contributed by atoms with E-state index in [0.29, 0.717) is 34.7 Å². The third kappa shape index (κ3) is 5.15. The maximum absolute atomic E-state index is 13.8. The molecular formula is C34H26N4O2. The average Bonchev–Trinajstić information content (AvgIpc) is 2.99. The van der Waals surface area contributed by atoms with Crippen LogP contribution < -0.4 is 10.9 Å². The van der Waals surface area contributed by atoms with E-state index in [1.807, 2.05) is 115 Å². The van der Waals surface area contributed by atoms with Crippen LogP contribution in [0.2, 0.25) is 0 Å². The van der Waals surface area contributed by atoms with E-state index in [1.54, 1.807) is 22.9 Å². The van der Waals surface area contributed by atoms with Gasteiger partial charge in [-0.05, 0) is 47.0 Å². The van der Waals surface area contributed by atoms with Gasteiger partial charge in [-0.2, -0.15) is 0 Å². The summed E-state index contributed by atoms with van der Waals surface area (Å²) in [6, 6.07) is 40.1. The summed E-state index contributed by atoms with van der Waals surface area (Å²) in [4.78, 5) is 36.6. The topological polar surface area (TPSA) is 76.9 Å². The summed E-state index contributed by atoms with van der Waals surface area (Å²) in [5.41, 5.74) is 5.22. The van der Waals surface area contributed by atoms with Gasteiger partial charge in [-0.3, -0.25) is 14.2 Å². The molecule has 0 saturated carbocycles. The molecule has 0 aliphatic rings. The predicted molar refractivity (Wildman–Crippen MR) is 158 cm³/mol. The van der Waals surface area contributed by atoms with Crippen molar-refractivity contribution < 1.29 is 4.79 Å². The van der Waals surface area contributed by atoms with Crippen LogP contribution >= 0.6 is 0 Å². The van der Waals surface area contributed by atoms with Crippen molar-refractivity contribution in [2.24, 2.45) is 0 Å². The van der Waals surface area contributed by atoms with Crippen molar-refractivity contribution in [3.8, 4) is 5.69 Å². The van der Waals surface area contributed by atoms with Crippen molar-refractivity contribution in [2.75, 3.05) is 5.32 Å². The smallest absolute Gasteiger partial charge is 0.278 e. The number of carbonyl (C=O) groups is 1. The molecule has 194 valence electrons. The number of benzene rings is 4. The maximum Gasteiger partial charge on any atom is 0.278 e. The van der Waals surface area contributed by atoms with Gasteiger partial charge in [-0.1, -0.05) is 97.1 Å². The Kier molecular flexibility index (Phi) is 6.97. The lowest BCUT2D eigenvalue weighted by atomic mass is 9.90. The van der Waals surface area contributed by atoms with E-state index in [4.69, 9.17) is 0 Å². The predicted octanol–water partition coefficient (Wildman–Crippen LogP) is 6.14. The molecule has 4 aromatic carbocycles. The van der Waals surface area contributed by atoms with Crippen LogP contribution in [-0.2, 0) is 11.2 Å². The minimum Gasteiger partial charge on any atom is -0.325 e. The first-order valence-electron chi connectivity index (χ1n) is 13.1. The number of hydrogen-bond acceptors (Lipinski definition) is 4. The van der Waals surface area contributed by atoms with Gasteiger partial charge in [0.05, 0.1) is 11.6 Å². The maximum atomic E-state index is 13.8. The van der Waals surface area contributed by atoms with Crippen LogP contribution in [0.25, 0.3) is 16.9 Å². The molecular weight excluding hydrogens is 496 g/mol. The number of aromatic nitrogens is 3. The highest BCUT2D eigenvalue weighted by atomic mass is 16.2. The zero-order valence-electron chi connectivity index (χ0n) is 21.6. The van der Waals surface area contributed by atoms with E-state index in [0.717, 1.165) is 16.7 Å². The van der Waals surface area contributed by atoms with Crippen LogP contribution in [0.1, 0.15) is 28.3 Å².